The van der Waals surface area contributed by atoms with E-state index in [2.05, 4.69) is 25.5 Å². The highest BCUT2D eigenvalue weighted by Gasteiger charge is 2.52. The third-order valence-corrected chi connectivity index (χ3v) is 26.8. The molecule has 34 heteroatoms. The molecule has 4 aromatic heterocycles. The molecule has 2 N–H and O–H groups in total. The molecule has 0 radical (unpaired) electrons. The second kappa shape index (κ2) is 44.0. The van der Waals surface area contributed by atoms with Gasteiger partial charge in [0.1, 0.15) is 45.3 Å². The Hall–Kier alpha value is -11.6. The van der Waals surface area contributed by atoms with Crippen LogP contribution in [0.1, 0.15) is 193 Å². The van der Waals surface area contributed by atoms with Crippen molar-refractivity contribution in [1.82, 2.24) is 39.5 Å². The first-order valence-corrected chi connectivity index (χ1v) is 42.3. The number of nitrogens with zero attached hydrogens (tertiary/aromatic N) is 7. The minimum Gasteiger partial charge on any atom is -0.481 e. The molecule has 18 nitrogen and oxygen atoms in total. The minimum atomic E-state index is -2.75. The molecule has 5 aliphatic carbocycles. The molecule has 2 fully saturated rings. The van der Waals surface area contributed by atoms with Crippen molar-refractivity contribution in [1.29, 1.82) is 0 Å². The summed E-state index contributed by atoms with van der Waals surface area (Å²) in [5, 5.41) is 31.1. The summed E-state index contributed by atoms with van der Waals surface area (Å²) >= 11 is 0. The smallest absolute Gasteiger partial charge is 0.333 e. The fourth-order valence-electron chi connectivity index (χ4n) is 19.9. The topological polar surface area (TPSA) is 225 Å². The average Bonchev–Trinajstić information content (AvgIpc) is 1.63. The molecule has 13 aromatic rings. The van der Waals surface area contributed by atoms with Crippen molar-refractivity contribution in [3.05, 3.63) is 319 Å². The van der Waals surface area contributed by atoms with Crippen LogP contribution in [0.25, 0.3) is 54.8 Å². The molecule has 18 rings (SSSR count). The Morgan fingerprint density at radius 1 is 0.385 bits per heavy atom. The van der Waals surface area contributed by atoms with Gasteiger partial charge in [0, 0.05) is 21.5 Å². The average molecular weight is 1960 g/mol. The molecule has 2 saturated carbocycles. The molecule has 0 bridgehead atoms. The van der Waals surface area contributed by atoms with Crippen molar-refractivity contribution in [3.8, 4) is 0 Å². The van der Waals surface area contributed by atoms with Crippen LogP contribution in [0.5, 0.6) is 0 Å². The Labute approximate surface area is 807 Å². The number of carbonyl (C=O) groups is 5. The van der Waals surface area contributed by atoms with E-state index in [9.17, 15) is 77.4 Å². The monoisotopic (exact) mass is 1960 g/mol. The van der Waals surface area contributed by atoms with E-state index in [0.29, 0.717) is 173 Å². The van der Waals surface area contributed by atoms with Crippen LogP contribution in [-0.4, -0.2) is 103 Å². The van der Waals surface area contributed by atoms with Gasteiger partial charge in [0.2, 0.25) is 0 Å². The Morgan fingerprint density at radius 3 is 1.08 bits per heavy atom. The Morgan fingerprint density at radius 2 is 0.711 bits per heavy atom. The van der Waals surface area contributed by atoms with Crippen LogP contribution in [0.4, 0.5) is 48.3 Å². The summed E-state index contributed by atoms with van der Waals surface area (Å²) in [4.78, 5) is 62.8. The van der Waals surface area contributed by atoms with Crippen LogP contribution in [0.3, 0.4) is 0 Å². The Bertz CT molecular complexity index is 6660. The number of nitrogens with one attached hydrogen (secondary N) is 1. The number of aromatic nitrogens is 8. The summed E-state index contributed by atoms with van der Waals surface area (Å²) < 4.78 is 172. The number of hydrogen-bond acceptors (Lipinski definition) is 13. The SMILES string of the molecule is COC(=O)[C@@]1(c2cccc(F)c2C)CCC(c2ccc3cnn(C(F)F)c3c2)C1.COC(=O)[C@]1(c2cccc(F)c2C)C=C(C)CC1.COC(=O)[C@]1(c2cccc(F)c2C)C=C(c2ccc3cn[nH]c3c2)CC1.COC(=O)[C@]1(c2cccc(F)c2C)C=C(c2ccc3cnn(C(F)F)c3c2)CC1.Cc1c(F)cccc1[C@]1(C(=O)O)CCC(c2ccc3cnn(C(F)F)c3c2)C1.S.S.S.S.S. The number of H-pyrrole nitrogens is 1. The quantitative estimate of drug-likeness (QED) is 0.0374. The van der Waals surface area contributed by atoms with E-state index in [1.165, 1.54) is 83.4 Å². The van der Waals surface area contributed by atoms with Crippen LogP contribution < -0.4 is 0 Å². The molecule has 0 spiro atoms. The van der Waals surface area contributed by atoms with Gasteiger partial charge in [-0.2, -0.15) is 114 Å². The molecule has 2 unspecified atom stereocenters. The molecule has 7 atom stereocenters. The van der Waals surface area contributed by atoms with E-state index in [1.54, 1.807) is 126 Å². The number of hydrogen-bond donors (Lipinski definition) is 2. The number of esters is 4. The number of benzene rings is 9. The van der Waals surface area contributed by atoms with Crippen molar-refractivity contribution >= 4 is 152 Å². The Balaban J connectivity index is 0.000000189. The van der Waals surface area contributed by atoms with Crippen molar-refractivity contribution in [2.75, 3.05) is 28.4 Å². The highest BCUT2D eigenvalue weighted by molar-refractivity contribution is 7.60. The zero-order valence-corrected chi connectivity index (χ0v) is 80.4. The number of fused-ring (bicyclic) bond motifs is 4. The van der Waals surface area contributed by atoms with Gasteiger partial charge in [0.05, 0.1) is 86.1 Å². The maximum atomic E-state index is 14.2. The number of carboxylic acid groups (broad SMARTS) is 1. The number of allylic oxidation sites excluding steroid dienone is 3. The number of methoxy groups -OCH3 is 4. The van der Waals surface area contributed by atoms with E-state index < -0.39 is 76.3 Å². The van der Waals surface area contributed by atoms with Gasteiger partial charge in [0.25, 0.3) is 0 Å². The minimum absolute atomic E-state index is 0. The van der Waals surface area contributed by atoms with Gasteiger partial charge in [-0.15, -0.1) is 0 Å². The van der Waals surface area contributed by atoms with Gasteiger partial charge in [-0.1, -0.05) is 133 Å². The summed E-state index contributed by atoms with van der Waals surface area (Å²) in [7, 11) is 5.39. The van der Waals surface area contributed by atoms with Crippen LogP contribution in [0.2, 0.25) is 0 Å². The first-order valence-electron chi connectivity index (χ1n) is 42.3. The predicted molar refractivity (Wildman–Crippen MR) is 521 cm³/mol. The van der Waals surface area contributed by atoms with E-state index in [1.807, 2.05) is 67.6 Å². The van der Waals surface area contributed by atoms with Crippen molar-refractivity contribution in [2.45, 2.75) is 177 Å². The number of aromatic amines is 1. The number of carbonyl (C=O) groups excluding carboxylic acids is 4. The van der Waals surface area contributed by atoms with Gasteiger partial charge < -0.3 is 24.1 Å². The molecule has 135 heavy (non-hydrogen) atoms. The first kappa shape index (κ1) is 107. The highest BCUT2D eigenvalue weighted by atomic mass is 32.1. The van der Waals surface area contributed by atoms with Crippen molar-refractivity contribution in [2.24, 2.45) is 0 Å². The van der Waals surface area contributed by atoms with E-state index in [4.69, 9.17) is 18.9 Å². The molecular weight excluding hydrogens is 1850 g/mol. The lowest BCUT2D eigenvalue weighted by atomic mass is 9.75. The molecule has 716 valence electrons. The number of ether oxygens (including phenoxy) is 4. The van der Waals surface area contributed by atoms with Crippen LogP contribution in [-0.2, 0) is 70.0 Å². The fourth-order valence-corrected chi connectivity index (χ4v) is 19.9. The highest BCUT2D eigenvalue weighted by Crippen LogP contribution is 2.54. The number of aliphatic carboxylic acids is 1. The van der Waals surface area contributed by atoms with Crippen LogP contribution in [0.15, 0.2) is 212 Å². The molecule has 4 heterocycles. The maximum Gasteiger partial charge on any atom is 0.333 e. The third kappa shape index (κ3) is 20.5. The standard InChI is InChI=1S/C22H21F3N2O2.C22H19F3N2O2.C21H19F3N2O2.C21H19FN2O2.C15H17FO2.5H2S/c2*1-13-17(4-3-5-18(13)23)22(20(28)29-2)9-8-15(11-22)14-6-7-16-12-26-27(21(24)25)19(16)10-14;1-12-16(3-2-4-17(12)22)21(19(27)28)8-7-14(10-21)13-5-6-15-11-25-26(20(23)24)18(15)9-13;1-13-17(4-3-5-18(13)22)21(20(25)26-2)9-8-15(11-21)14-6-7-16-12-23-24-19(16)10-14;1-10-7-8-15(9-10,14(17)18-3)12-5-4-6-13(16)11(12)2;;;;;/h3-7,10,12,15,21H,8-9,11H2,1-2H3;3-7,10-12,21H,8-9H2,1-2H3;2-6,9,11,14,20H,7-8,10H2,1H3,(H,27,28);3-7,10-12H,8-9H2,1-2H3,(H,23,24);4-6,9H,7-8H2,1-3H3;5*1H2/t15?,22-;22-;14?,21-;21-;15-;;;;;/m00000...../s1. The lowest BCUT2D eigenvalue weighted by Gasteiger charge is -2.29. The van der Waals surface area contributed by atoms with Gasteiger partial charge >= 0.3 is 49.5 Å². The molecule has 5 aliphatic rings. The number of rotatable bonds is 17. The molecule has 0 amide bonds. The summed E-state index contributed by atoms with van der Waals surface area (Å²) in [6.07, 6.45) is 18.1. The normalized spacial score (nSPS) is 20.2. The van der Waals surface area contributed by atoms with E-state index >= 15 is 0 Å². The zero-order valence-electron chi connectivity index (χ0n) is 75.4. The van der Waals surface area contributed by atoms with Gasteiger partial charge in [-0.05, 0) is 274 Å². The van der Waals surface area contributed by atoms with Crippen molar-refractivity contribution in [3.63, 3.8) is 0 Å². The summed E-state index contributed by atoms with van der Waals surface area (Å²) in [5.74, 6) is -4.46. The van der Waals surface area contributed by atoms with Crippen LogP contribution in [0, 0.1) is 63.7 Å². The van der Waals surface area contributed by atoms with E-state index in [0.717, 1.165) is 56.3 Å². The van der Waals surface area contributed by atoms with Crippen LogP contribution >= 0.6 is 67.5 Å². The first-order chi connectivity index (χ1) is 62.1. The zero-order chi connectivity index (χ0) is 93.2. The molecule has 9 aromatic carbocycles. The summed E-state index contributed by atoms with van der Waals surface area (Å²) in [6.45, 7) is 2.07. The van der Waals surface area contributed by atoms with Gasteiger partial charge in [-0.3, -0.25) is 29.1 Å². The maximum absolute atomic E-state index is 14.2. The van der Waals surface area contributed by atoms with E-state index in [-0.39, 0.29) is 109 Å². The second-order valence-electron chi connectivity index (χ2n) is 33.8. The Kier molecular flexibility index (Phi) is 34.9. The second-order valence-corrected chi connectivity index (χ2v) is 33.8. The number of carboxylic acids is 1. The fraction of sp³-hybridized carbons (Fsp3) is 0.317. The third-order valence-electron chi connectivity index (χ3n) is 26.8. The van der Waals surface area contributed by atoms with Crippen molar-refractivity contribution < 1.29 is 96.3 Å². The van der Waals surface area contributed by atoms with Gasteiger partial charge in [0.15, 0.2) is 0 Å². The molecular formula is C101H105F11N8O10S5. The predicted octanol–water partition coefficient (Wildman–Crippen LogP) is 23.7. The lowest BCUT2D eigenvalue weighted by molar-refractivity contribution is -0.148. The number of alkyl halides is 6. The largest absolute Gasteiger partial charge is 0.481 e. The van der Waals surface area contributed by atoms with Gasteiger partial charge in [-0.25, -0.2) is 36.0 Å². The summed E-state index contributed by atoms with van der Waals surface area (Å²) in [6, 6.07) is 45.5. The molecule has 0 aliphatic heterocycles. The summed E-state index contributed by atoms with van der Waals surface area (Å²) in [5.41, 5.74) is 8.57. The number of halogens is 11. The lowest BCUT2D eigenvalue weighted by Crippen LogP contribution is -2.35. The molecule has 0 saturated heterocycles.